The van der Waals surface area contributed by atoms with Gasteiger partial charge in [-0.3, -0.25) is 9.29 Å². The maximum absolute atomic E-state index is 13.4. The van der Waals surface area contributed by atoms with Crippen LogP contribution in [0.2, 0.25) is 0 Å². The number of sulfonamides is 1. The van der Waals surface area contributed by atoms with Gasteiger partial charge in [0.15, 0.2) is 0 Å². The Morgan fingerprint density at radius 3 is 2.58 bits per heavy atom. The van der Waals surface area contributed by atoms with Gasteiger partial charge in [0.05, 0.1) is 23.7 Å². The van der Waals surface area contributed by atoms with Crippen LogP contribution in [0, 0.1) is 0 Å². The molecule has 0 N–H and O–H groups in total. The molecule has 0 fully saturated rings. The van der Waals surface area contributed by atoms with Gasteiger partial charge in [0.1, 0.15) is 11.3 Å². The fourth-order valence-electron chi connectivity index (χ4n) is 2.79. The van der Waals surface area contributed by atoms with Crippen molar-refractivity contribution in [3.8, 4) is 5.75 Å². The van der Waals surface area contributed by atoms with Crippen LogP contribution in [0.4, 0.5) is 5.69 Å². The van der Waals surface area contributed by atoms with Crippen molar-refractivity contribution in [3.05, 3.63) is 73.4 Å². The van der Waals surface area contributed by atoms with Gasteiger partial charge in [0.25, 0.3) is 10.0 Å². The molecule has 6 heteroatoms. The first-order valence-electron chi connectivity index (χ1n) is 8.28. The summed E-state index contributed by atoms with van der Waals surface area (Å²) in [6.07, 6.45) is 3.19. The lowest BCUT2D eigenvalue weighted by atomic mass is 10.2. The average Bonchev–Trinajstić information content (AvgIpc) is 2.67. The zero-order valence-corrected chi connectivity index (χ0v) is 15.3. The number of rotatable bonds is 7. The summed E-state index contributed by atoms with van der Waals surface area (Å²) in [6, 6.07) is 15.7. The average molecular weight is 368 g/mol. The van der Waals surface area contributed by atoms with E-state index in [2.05, 4.69) is 11.6 Å². The predicted molar refractivity (Wildman–Crippen MR) is 104 cm³/mol. The molecule has 0 saturated carbocycles. The third kappa shape index (κ3) is 3.28. The second-order valence-electron chi connectivity index (χ2n) is 5.55. The number of pyridine rings is 1. The third-order valence-electron chi connectivity index (χ3n) is 3.90. The van der Waals surface area contributed by atoms with Crippen molar-refractivity contribution in [1.82, 2.24) is 4.98 Å². The van der Waals surface area contributed by atoms with E-state index >= 15 is 0 Å². The molecule has 0 spiro atoms. The molecule has 0 bridgehead atoms. The van der Waals surface area contributed by atoms with E-state index in [0.717, 1.165) is 0 Å². The van der Waals surface area contributed by atoms with Crippen molar-refractivity contribution in [2.75, 3.05) is 17.5 Å². The maximum Gasteiger partial charge on any atom is 0.265 e. The standard InChI is InChI=1S/C20H20N2O3S/c1-3-15-22(16-9-6-5-7-10-16)26(23,24)19-13-12-18(25-4-2)20-17(19)11-8-14-21-20/h3,5-14H,1,4,15H2,2H3. The normalized spacial score (nSPS) is 11.3. The first kappa shape index (κ1) is 17.9. The van der Waals surface area contributed by atoms with Gasteiger partial charge in [0, 0.05) is 11.6 Å². The van der Waals surface area contributed by atoms with E-state index < -0.39 is 10.0 Å². The van der Waals surface area contributed by atoms with Crippen LogP contribution in [0.5, 0.6) is 5.75 Å². The summed E-state index contributed by atoms with van der Waals surface area (Å²) in [5.74, 6) is 0.567. The number of benzene rings is 2. The molecule has 0 unspecified atom stereocenters. The number of para-hydroxylation sites is 1. The van der Waals surface area contributed by atoms with E-state index in [1.54, 1.807) is 60.8 Å². The number of nitrogens with zero attached hydrogens (tertiary/aromatic N) is 2. The van der Waals surface area contributed by atoms with Gasteiger partial charge in [-0.1, -0.05) is 24.3 Å². The Morgan fingerprint density at radius 1 is 1.12 bits per heavy atom. The highest BCUT2D eigenvalue weighted by atomic mass is 32.2. The maximum atomic E-state index is 13.4. The predicted octanol–water partition coefficient (Wildman–Crippen LogP) is 4.01. The molecule has 1 aromatic heterocycles. The highest BCUT2D eigenvalue weighted by Gasteiger charge is 2.27. The smallest absolute Gasteiger partial charge is 0.265 e. The number of ether oxygens (including phenoxy) is 1. The quantitative estimate of drug-likeness (QED) is 0.591. The number of fused-ring (bicyclic) bond motifs is 1. The molecule has 3 rings (SSSR count). The number of hydrogen-bond acceptors (Lipinski definition) is 4. The second-order valence-corrected chi connectivity index (χ2v) is 7.39. The lowest BCUT2D eigenvalue weighted by Gasteiger charge is -2.24. The Labute approximate surface area is 153 Å². The molecule has 1 heterocycles. The largest absolute Gasteiger partial charge is 0.492 e. The van der Waals surface area contributed by atoms with Gasteiger partial charge in [0.2, 0.25) is 0 Å². The fraction of sp³-hybridized carbons (Fsp3) is 0.150. The van der Waals surface area contributed by atoms with E-state index in [0.29, 0.717) is 28.9 Å². The molecule has 5 nitrogen and oxygen atoms in total. The second kappa shape index (κ2) is 7.58. The Morgan fingerprint density at radius 2 is 1.88 bits per heavy atom. The molecule has 0 aliphatic rings. The summed E-state index contributed by atoms with van der Waals surface area (Å²) in [5, 5.41) is 0.531. The van der Waals surface area contributed by atoms with Crippen molar-refractivity contribution in [2.24, 2.45) is 0 Å². The Bertz CT molecular complexity index is 1020. The molecule has 3 aromatic rings. The minimum atomic E-state index is -3.81. The summed E-state index contributed by atoms with van der Waals surface area (Å²) in [5.41, 5.74) is 1.11. The molecule has 0 amide bonds. The fourth-order valence-corrected chi connectivity index (χ4v) is 4.41. The molecule has 0 aliphatic carbocycles. The third-order valence-corrected chi connectivity index (χ3v) is 5.75. The SMILES string of the molecule is C=CCN(c1ccccc1)S(=O)(=O)c1ccc(OCC)c2ncccc12. The van der Waals surface area contributed by atoms with Gasteiger partial charge >= 0.3 is 0 Å². The zero-order valence-electron chi connectivity index (χ0n) is 14.5. The zero-order chi connectivity index (χ0) is 18.6. The summed E-state index contributed by atoms with van der Waals surface area (Å²) in [4.78, 5) is 4.51. The monoisotopic (exact) mass is 368 g/mol. The van der Waals surface area contributed by atoms with E-state index in [9.17, 15) is 8.42 Å². The Hall–Kier alpha value is -2.86. The molecular weight excluding hydrogens is 348 g/mol. The molecule has 0 atom stereocenters. The molecule has 2 aromatic carbocycles. The summed E-state index contributed by atoms with van der Waals surface area (Å²) in [6.45, 7) is 6.22. The lowest BCUT2D eigenvalue weighted by molar-refractivity contribution is 0.343. The molecule has 0 aliphatic heterocycles. The Kier molecular flexibility index (Phi) is 5.23. The van der Waals surface area contributed by atoms with Crippen molar-refractivity contribution >= 4 is 26.6 Å². The Balaban J connectivity index is 2.20. The lowest BCUT2D eigenvalue weighted by Crippen LogP contribution is -2.31. The molecular formula is C20H20N2O3S. The highest BCUT2D eigenvalue weighted by molar-refractivity contribution is 7.93. The number of hydrogen-bond donors (Lipinski definition) is 0. The number of anilines is 1. The topological polar surface area (TPSA) is 59.5 Å². The van der Waals surface area contributed by atoms with E-state index in [1.807, 2.05) is 13.0 Å². The van der Waals surface area contributed by atoms with Crippen molar-refractivity contribution in [2.45, 2.75) is 11.8 Å². The summed E-state index contributed by atoms with van der Waals surface area (Å²) in [7, 11) is -3.81. The van der Waals surface area contributed by atoms with Crippen LogP contribution in [0.1, 0.15) is 6.92 Å². The van der Waals surface area contributed by atoms with Gasteiger partial charge < -0.3 is 4.74 Å². The van der Waals surface area contributed by atoms with Gasteiger partial charge in [-0.2, -0.15) is 0 Å². The van der Waals surface area contributed by atoms with Crippen molar-refractivity contribution in [3.63, 3.8) is 0 Å². The molecule has 26 heavy (non-hydrogen) atoms. The van der Waals surface area contributed by atoms with Gasteiger partial charge in [-0.15, -0.1) is 6.58 Å². The van der Waals surface area contributed by atoms with Crippen molar-refractivity contribution in [1.29, 1.82) is 0 Å². The molecule has 0 radical (unpaired) electrons. The summed E-state index contributed by atoms with van der Waals surface area (Å²) >= 11 is 0. The first-order valence-corrected chi connectivity index (χ1v) is 9.72. The van der Waals surface area contributed by atoms with Crippen LogP contribution in [-0.4, -0.2) is 26.6 Å². The minimum absolute atomic E-state index is 0.168. The number of aromatic nitrogens is 1. The first-order chi connectivity index (χ1) is 12.6. The van der Waals surface area contributed by atoms with Gasteiger partial charge in [-0.05, 0) is 43.3 Å². The highest BCUT2D eigenvalue weighted by Crippen LogP contribution is 2.32. The van der Waals surface area contributed by atoms with Crippen molar-refractivity contribution < 1.29 is 13.2 Å². The minimum Gasteiger partial charge on any atom is -0.492 e. The molecule has 0 saturated heterocycles. The van der Waals surface area contributed by atoms with Crippen LogP contribution in [-0.2, 0) is 10.0 Å². The van der Waals surface area contributed by atoms with Crippen LogP contribution in [0.25, 0.3) is 10.9 Å². The summed E-state index contributed by atoms with van der Waals surface area (Å²) < 4.78 is 33.8. The van der Waals surface area contributed by atoms with E-state index in [4.69, 9.17) is 4.74 Å². The van der Waals surface area contributed by atoms with E-state index in [-0.39, 0.29) is 11.4 Å². The van der Waals surface area contributed by atoms with Gasteiger partial charge in [-0.25, -0.2) is 8.42 Å². The molecule has 134 valence electrons. The van der Waals surface area contributed by atoms with E-state index in [1.165, 1.54) is 4.31 Å². The van der Waals surface area contributed by atoms with Crippen LogP contribution >= 0.6 is 0 Å². The van der Waals surface area contributed by atoms with Crippen LogP contribution in [0.15, 0.2) is 78.3 Å². The van der Waals surface area contributed by atoms with Crippen LogP contribution in [0.3, 0.4) is 0 Å². The van der Waals surface area contributed by atoms with Crippen LogP contribution < -0.4 is 9.04 Å².